The van der Waals surface area contributed by atoms with E-state index in [2.05, 4.69) is 10.2 Å². The highest BCUT2D eigenvalue weighted by Gasteiger charge is 2.46. The number of nitrogens with zero attached hydrogens (tertiary/aromatic N) is 4. The molecule has 0 amide bonds. The first kappa shape index (κ1) is 17.9. The second-order valence-electron chi connectivity index (χ2n) is 6.69. The van der Waals surface area contributed by atoms with Crippen molar-refractivity contribution in [2.24, 2.45) is 21.1 Å². The first-order valence-electron chi connectivity index (χ1n) is 8.82. The lowest BCUT2D eigenvalue weighted by molar-refractivity contribution is 0.0695. The average Bonchev–Trinajstić information content (AvgIpc) is 2.67. The number of hydrogen-bond donors (Lipinski definition) is 2. The minimum atomic E-state index is -0.545. The molecule has 0 radical (unpaired) electrons. The summed E-state index contributed by atoms with van der Waals surface area (Å²) >= 11 is 6.03. The van der Waals surface area contributed by atoms with E-state index in [0.717, 1.165) is 11.3 Å². The van der Waals surface area contributed by atoms with E-state index >= 15 is 0 Å². The van der Waals surface area contributed by atoms with Crippen molar-refractivity contribution in [3.63, 3.8) is 0 Å². The smallest absolute Gasteiger partial charge is 0.178 e. The van der Waals surface area contributed by atoms with E-state index in [0.29, 0.717) is 54.8 Å². The lowest BCUT2D eigenvalue weighted by Gasteiger charge is -2.46. The van der Waals surface area contributed by atoms with Crippen LogP contribution in [0.2, 0.25) is 5.02 Å². The van der Waals surface area contributed by atoms with Gasteiger partial charge in [0.25, 0.3) is 0 Å². The number of amidine groups is 1. The first-order chi connectivity index (χ1) is 13.1. The van der Waals surface area contributed by atoms with Crippen molar-refractivity contribution in [1.29, 1.82) is 0 Å². The Labute approximate surface area is 162 Å². The molecule has 1 spiro atoms. The van der Waals surface area contributed by atoms with Gasteiger partial charge in [-0.1, -0.05) is 29.8 Å². The van der Waals surface area contributed by atoms with E-state index in [1.54, 1.807) is 11.1 Å². The molecule has 1 fully saturated rings. The van der Waals surface area contributed by atoms with Gasteiger partial charge in [-0.25, -0.2) is 10.8 Å². The van der Waals surface area contributed by atoms with Gasteiger partial charge in [0.05, 0.1) is 17.9 Å². The second kappa shape index (κ2) is 7.26. The predicted octanol–water partition coefficient (Wildman–Crippen LogP) is 3.85. The Morgan fingerprint density at radius 3 is 2.74 bits per heavy atom. The summed E-state index contributed by atoms with van der Waals surface area (Å²) in [7, 11) is 0. The quantitative estimate of drug-likeness (QED) is 0.466. The number of halogens is 1. The van der Waals surface area contributed by atoms with Gasteiger partial charge in [-0.3, -0.25) is 5.01 Å². The van der Waals surface area contributed by atoms with E-state index in [4.69, 9.17) is 32.9 Å². The van der Waals surface area contributed by atoms with Crippen LogP contribution >= 0.6 is 11.6 Å². The van der Waals surface area contributed by atoms with Gasteiger partial charge in [-0.2, -0.15) is 5.11 Å². The van der Waals surface area contributed by atoms with Gasteiger partial charge in [0, 0.05) is 31.1 Å². The zero-order chi connectivity index (χ0) is 18.9. The molecule has 2 heterocycles. The largest absolute Gasteiger partial charge is 0.397 e. The number of aliphatic imine (C=N–C) groups is 1. The van der Waals surface area contributed by atoms with Gasteiger partial charge in [-0.15, -0.1) is 5.11 Å². The molecule has 4 N–H and O–H groups in total. The molecule has 4 rings (SSSR count). The molecule has 2 aromatic carbocycles. The highest BCUT2D eigenvalue weighted by molar-refractivity contribution is 6.30. The number of benzene rings is 2. The lowest BCUT2D eigenvalue weighted by atomic mass is 9.86. The Balaban J connectivity index is 1.70. The van der Waals surface area contributed by atoms with Crippen LogP contribution in [0.3, 0.4) is 0 Å². The maximum Gasteiger partial charge on any atom is 0.178 e. The Bertz CT molecular complexity index is 907. The Hall–Kier alpha value is -2.48. The average molecular weight is 385 g/mol. The zero-order valence-electron chi connectivity index (χ0n) is 14.8. The van der Waals surface area contributed by atoms with Gasteiger partial charge in [0.1, 0.15) is 11.2 Å². The standard InChI is InChI=1S/C19H21ClN6O/c20-14-4-1-3-13(11-14)12-23-25-18-19(7-9-27-10-8-19)26(22)16-6-2-5-15(21)17(16)24-18/h1-6,11H,7-10,12,21-22H2. The molecule has 2 aliphatic rings. The van der Waals surface area contributed by atoms with E-state index in [9.17, 15) is 0 Å². The summed E-state index contributed by atoms with van der Waals surface area (Å²) in [5.41, 5.74) is 8.55. The van der Waals surface area contributed by atoms with Crippen molar-refractivity contribution in [1.82, 2.24) is 0 Å². The molecule has 8 heteroatoms. The molecule has 1 saturated heterocycles. The summed E-state index contributed by atoms with van der Waals surface area (Å²) in [6.07, 6.45) is 1.37. The summed E-state index contributed by atoms with van der Waals surface area (Å²) in [5, 5.41) is 11.3. The molecule has 0 saturated carbocycles. The van der Waals surface area contributed by atoms with Gasteiger partial charge >= 0.3 is 0 Å². The predicted molar refractivity (Wildman–Crippen MR) is 107 cm³/mol. The van der Waals surface area contributed by atoms with E-state index in [-0.39, 0.29) is 0 Å². The summed E-state index contributed by atoms with van der Waals surface area (Å²) in [6.45, 7) is 1.59. The van der Waals surface area contributed by atoms with Gasteiger partial charge in [-0.05, 0) is 29.8 Å². The molecule has 7 nitrogen and oxygen atoms in total. The number of hydrazine groups is 1. The monoisotopic (exact) mass is 384 g/mol. The molecule has 0 aromatic heterocycles. The van der Waals surface area contributed by atoms with E-state index < -0.39 is 5.54 Å². The summed E-state index contributed by atoms with van der Waals surface area (Å²) in [6, 6.07) is 13.2. The third kappa shape index (κ3) is 3.29. The van der Waals surface area contributed by atoms with Crippen LogP contribution in [-0.4, -0.2) is 24.6 Å². The second-order valence-corrected chi connectivity index (χ2v) is 7.13. The zero-order valence-corrected chi connectivity index (χ0v) is 15.6. The third-order valence-corrected chi connectivity index (χ3v) is 5.26. The summed E-state index contributed by atoms with van der Waals surface area (Å²) in [4.78, 5) is 4.75. The number of hydrogen-bond acceptors (Lipinski definition) is 7. The van der Waals surface area contributed by atoms with Crippen molar-refractivity contribution in [2.75, 3.05) is 24.0 Å². The molecule has 2 aliphatic heterocycles. The third-order valence-electron chi connectivity index (χ3n) is 5.03. The highest BCUT2D eigenvalue weighted by Crippen LogP contribution is 2.44. The van der Waals surface area contributed by atoms with Crippen LogP contribution in [0.15, 0.2) is 57.7 Å². The van der Waals surface area contributed by atoms with Crippen LogP contribution in [-0.2, 0) is 11.3 Å². The summed E-state index contributed by atoms with van der Waals surface area (Å²) < 4.78 is 5.54. The number of anilines is 2. The van der Waals surface area contributed by atoms with Crippen molar-refractivity contribution in [2.45, 2.75) is 24.9 Å². The van der Waals surface area contributed by atoms with Crippen LogP contribution in [0.5, 0.6) is 0 Å². The number of nitrogen functional groups attached to an aromatic ring is 1. The number of ether oxygens (including phenoxy) is 1. The van der Waals surface area contributed by atoms with Gasteiger partial charge in [0.15, 0.2) is 5.84 Å². The topological polar surface area (TPSA) is 102 Å². The minimum Gasteiger partial charge on any atom is -0.397 e. The number of azo groups is 1. The number of fused-ring (bicyclic) bond motifs is 1. The Kier molecular flexibility index (Phi) is 4.82. The minimum absolute atomic E-state index is 0.411. The van der Waals surface area contributed by atoms with Gasteiger partial charge < -0.3 is 10.5 Å². The van der Waals surface area contributed by atoms with Crippen molar-refractivity contribution < 1.29 is 4.74 Å². The lowest BCUT2D eigenvalue weighted by Crippen LogP contribution is -2.61. The van der Waals surface area contributed by atoms with Crippen LogP contribution in [0, 0.1) is 0 Å². The fourth-order valence-electron chi connectivity index (χ4n) is 3.52. The number of rotatable bonds is 2. The fourth-order valence-corrected chi connectivity index (χ4v) is 3.73. The van der Waals surface area contributed by atoms with Crippen LogP contribution in [0.1, 0.15) is 18.4 Å². The SMILES string of the molecule is Nc1cccc2c1N=C(N=NCc1cccc(Cl)c1)C1(CCOCC1)N2N. The van der Waals surface area contributed by atoms with Crippen LogP contribution in [0.4, 0.5) is 17.1 Å². The molecule has 2 aromatic rings. The van der Waals surface area contributed by atoms with Crippen molar-refractivity contribution in [3.05, 3.63) is 53.1 Å². The molecular weight excluding hydrogens is 364 g/mol. The van der Waals surface area contributed by atoms with Gasteiger partial charge in [0.2, 0.25) is 0 Å². The molecule has 0 aliphatic carbocycles. The first-order valence-corrected chi connectivity index (χ1v) is 9.20. The van der Waals surface area contributed by atoms with Crippen LogP contribution in [0.25, 0.3) is 0 Å². The van der Waals surface area contributed by atoms with E-state index in [1.807, 2.05) is 36.4 Å². The normalized spacial score (nSPS) is 18.6. The molecule has 0 atom stereocenters. The molecular formula is C19H21ClN6O. The maximum absolute atomic E-state index is 6.54. The Morgan fingerprint density at radius 1 is 1.19 bits per heavy atom. The van der Waals surface area contributed by atoms with Crippen molar-refractivity contribution in [3.8, 4) is 0 Å². The number of para-hydroxylation sites is 1. The van der Waals surface area contributed by atoms with Crippen LogP contribution < -0.4 is 16.6 Å². The summed E-state index contributed by atoms with van der Waals surface area (Å²) in [5.74, 6) is 7.11. The highest BCUT2D eigenvalue weighted by atomic mass is 35.5. The molecule has 27 heavy (non-hydrogen) atoms. The van der Waals surface area contributed by atoms with E-state index in [1.165, 1.54) is 0 Å². The fraction of sp³-hybridized carbons (Fsp3) is 0.316. The number of nitrogens with two attached hydrogens (primary N) is 2. The molecule has 140 valence electrons. The van der Waals surface area contributed by atoms with Crippen molar-refractivity contribution >= 4 is 34.5 Å². The Morgan fingerprint density at radius 2 is 1.96 bits per heavy atom. The molecule has 0 unspecified atom stereocenters. The maximum atomic E-state index is 6.54. The molecule has 0 bridgehead atoms.